The summed E-state index contributed by atoms with van der Waals surface area (Å²) in [5, 5.41) is 3.19. The lowest BCUT2D eigenvalue weighted by molar-refractivity contribution is 0.971. The largest absolute Gasteiger partial charge is 0.354 e. The first-order valence-corrected chi connectivity index (χ1v) is 5.27. The number of nitrogens with zero attached hydrogens (tertiary/aromatic N) is 3. The van der Waals surface area contributed by atoms with E-state index < -0.39 is 0 Å². The third-order valence-electron chi connectivity index (χ3n) is 2.24. The fourth-order valence-electron chi connectivity index (χ4n) is 1.40. The second-order valence-electron chi connectivity index (χ2n) is 3.55. The maximum absolute atomic E-state index is 4.27. The second-order valence-corrected chi connectivity index (χ2v) is 3.55. The Labute approximate surface area is 94.8 Å². The van der Waals surface area contributed by atoms with E-state index in [0.717, 1.165) is 18.7 Å². The van der Waals surface area contributed by atoms with E-state index >= 15 is 0 Å². The Balaban J connectivity index is 1.85. The van der Waals surface area contributed by atoms with E-state index in [1.807, 2.05) is 25.1 Å². The second kappa shape index (κ2) is 5.21. The molecule has 0 amide bonds. The van der Waals surface area contributed by atoms with Crippen LogP contribution in [0.4, 0.5) is 5.95 Å². The number of anilines is 1. The maximum Gasteiger partial charge on any atom is 0.222 e. The molecule has 0 spiro atoms. The first-order valence-electron chi connectivity index (χ1n) is 5.27. The topological polar surface area (TPSA) is 50.7 Å². The van der Waals surface area contributed by atoms with Crippen molar-refractivity contribution in [3.05, 3.63) is 48.0 Å². The minimum Gasteiger partial charge on any atom is -0.354 e. The van der Waals surface area contributed by atoms with Crippen molar-refractivity contribution in [3.63, 3.8) is 0 Å². The summed E-state index contributed by atoms with van der Waals surface area (Å²) in [6.45, 7) is 2.78. The monoisotopic (exact) mass is 214 g/mol. The van der Waals surface area contributed by atoms with Gasteiger partial charge in [-0.2, -0.15) is 0 Å². The van der Waals surface area contributed by atoms with Crippen LogP contribution >= 0.6 is 0 Å². The van der Waals surface area contributed by atoms with E-state index in [4.69, 9.17) is 0 Å². The number of nitrogens with one attached hydrogen (secondary N) is 1. The van der Waals surface area contributed by atoms with Gasteiger partial charge in [-0.1, -0.05) is 0 Å². The van der Waals surface area contributed by atoms with Crippen molar-refractivity contribution < 1.29 is 0 Å². The molecular weight excluding hydrogens is 200 g/mol. The summed E-state index contributed by atoms with van der Waals surface area (Å²) in [6, 6.07) is 5.91. The van der Waals surface area contributed by atoms with Crippen LogP contribution in [0, 0.1) is 6.92 Å². The lowest BCUT2D eigenvalue weighted by atomic mass is 10.2. The normalized spacial score (nSPS) is 10.1. The molecule has 82 valence electrons. The van der Waals surface area contributed by atoms with E-state index in [0.29, 0.717) is 5.95 Å². The van der Waals surface area contributed by atoms with Gasteiger partial charge in [-0.3, -0.25) is 4.98 Å². The van der Waals surface area contributed by atoms with Crippen molar-refractivity contribution in [1.29, 1.82) is 0 Å². The molecule has 0 aromatic carbocycles. The highest BCUT2D eigenvalue weighted by molar-refractivity contribution is 5.25. The van der Waals surface area contributed by atoms with Gasteiger partial charge in [0.15, 0.2) is 0 Å². The predicted octanol–water partition coefficient (Wildman–Crippen LogP) is 1.83. The van der Waals surface area contributed by atoms with Gasteiger partial charge in [0.1, 0.15) is 0 Å². The third-order valence-corrected chi connectivity index (χ3v) is 2.24. The van der Waals surface area contributed by atoms with Crippen LogP contribution in [-0.4, -0.2) is 21.5 Å². The molecule has 0 fully saturated rings. The summed E-state index contributed by atoms with van der Waals surface area (Å²) in [4.78, 5) is 12.4. The smallest absolute Gasteiger partial charge is 0.222 e. The van der Waals surface area contributed by atoms with Gasteiger partial charge in [0.2, 0.25) is 5.95 Å². The zero-order valence-corrected chi connectivity index (χ0v) is 9.22. The van der Waals surface area contributed by atoms with Gasteiger partial charge in [-0.15, -0.1) is 0 Å². The van der Waals surface area contributed by atoms with Crippen LogP contribution in [0.25, 0.3) is 0 Å². The average Bonchev–Trinajstić information content (AvgIpc) is 2.30. The number of hydrogen-bond acceptors (Lipinski definition) is 4. The molecule has 4 nitrogen and oxygen atoms in total. The van der Waals surface area contributed by atoms with E-state index in [9.17, 15) is 0 Å². The minimum absolute atomic E-state index is 0.689. The van der Waals surface area contributed by atoms with Gasteiger partial charge >= 0.3 is 0 Å². The minimum atomic E-state index is 0.689. The highest BCUT2D eigenvalue weighted by Gasteiger charge is 1.95. The molecule has 0 aliphatic carbocycles. The Morgan fingerprint density at radius 2 is 1.94 bits per heavy atom. The van der Waals surface area contributed by atoms with E-state index in [1.165, 1.54) is 5.56 Å². The molecule has 0 saturated heterocycles. The van der Waals surface area contributed by atoms with Gasteiger partial charge in [0, 0.05) is 30.8 Å². The van der Waals surface area contributed by atoms with Gasteiger partial charge in [-0.05, 0) is 37.1 Å². The summed E-state index contributed by atoms with van der Waals surface area (Å²) in [6.07, 6.45) is 6.31. The van der Waals surface area contributed by atoms with Gasteiger partial charge in [0.05, 0.1) is 0 Å². The molecule has 16 heavy (non-hydrogen) atoms. The number of aromatic nitrogens is 3. The highest BCUT2D eigenvalue weighted by Crippen LogP contribution is 2.01. The van der Waals surface area contributed by atoms with Gasteiger partial charge in [0.25, 0.3) is 0 Å². The third kappa shape index (κ3) is 3.02. The first-order chi connectivity index (χ1) is 7.84. The summed E-state index contributed by atoms with van der Waals surface area (Å²) < 4.78 is 0. The van der Waals surface area contributed by atoms with Crippen molar-refractivity contribution in [3.8, 4) is 0 Å². The van der Waals surface area contributed by atoms with Crippen LogP contribution in [0.2, 0.25) is 0 Å². The Bertz CT molecular complexity index is 442. The van der Waals surface area contributed by atoms with Gasteiger partial charge < -0.3 is 5.32 Å². The van der Waals surface area contributed by atoms with Crippen molar-refractivity contribution >= 4 is 5.95 Å². The van der Waals surface area contributed by atoms with Crippen LogP contribution in [0.5, 0.6) is 0 Å². The SMILES string of the molecule is Cc1ccnc(NCCc2ccncc2)n1. The molecule has 0 bridgehead atoms. The molecule has 4 heteroatoms. The molecule has 1 N–H and O–H groups in total. The van der Waals surface area contributed by atoms with Crippen molar-refractivity contribution in [2.45, 2.75) is 13.3 Å². The predicted molar refractivity (Wildman–Crippen MR) is 63.2 cm³/mol. The lowest BCUT2D eigenvalue weighted by Crippen LogP contribution is -2.08. The molecule has 0 saturated carbocycles. The Morgan fingerprint density at radius 3 is 2.69 bits per heavy atom. The van der Waals surface area contributed by atoms with E-state index in [1.54, 1.807) is 18.6 Å². The summed E-state index contributed by atoms with van der Waals surface area (Å²) >= 11 is 0. The molecular formula is C12H14N4. The molecule has 2 aromatic rings. The molecule has 0 atom stereocenters. The molecule has 0 aliphatic rings. The first kappa shape index (κ1) is 10.5. The Hall–Kier alpha value is -1.97. The van der Waals surface area contributed by atoms with E-state index in [-0.39, 0.29) is 0 Å². The molecule has 0 radical (unpaired) electrons. The molecule has 2 heterocycles. The average molecular weight is 214 g/mol. The van der Waals surface area contributed by atoms with Crippen LogP contribution < -0.4 is 5.32 Å². The van der Waals surface area contributed by atoms with Crippen LogP contribution in [0.1, 0.15) is 11.3 Å². The van der Waals surface area contributed by atoms with Crippen LogP contribution in [-0.2, 0) is 6.42 Å². The zero-order valence-electron chi connectivity index (χ0n) is 9.22. The Kier molecular flexibility index (Phi) is 3.43. The van der Waals surface area contributed by atoms with E-state index in [2.05, 4.69) is 20.3 Å². The summed E-state index contributed by atoms with van der Waals surface area (Å²) in [5.74, 6) is 0.689. The molecule has 2 aromatic heterocycles. The molecule has 2 rings (SSSR count). The van der Waals surface area contributed by atoms with Gasteiger partial charge in [-0.25, -0.2) is 9.97 Å². The van der Waals surface area contributed by atoms with Crippen molar-refractivity contribution in [2.75, 3.05) is 11.9 Å². The number of pyridine rings is 1. The zero-order chi connectivity index (χ0) is 11.2. The van der Waals surface area contributed by atoms with Crippen LogP contribution in [0.15, 0.2) is 36.8 Å². The van der Waals surface area contributed by atoms with Crippen molar-refractivity contribution in [1.82, 2.24) is 15.0 Å². The Morgan fingerprint density at radius 1 is 1.12 bits per heavy atom. The quantitative estimate of drug-likeness (QED) is 0.843. The number of hydrogen-bond donors (Lipinski definition) is 1. The van der Waals surface area contributed by atoms with Crippen LogP contribution in [0.3, 0.4) is 0 Å². The van der Waals surface area contributed by atoms with Crippen molar-refractivity contribution in [2.24, 2.45) is 0 Å². The summed E-state index contributed by atoms with van der Waals surface area (Å²) in [5.41, 5.74) is 2.23. The lowest BCUT2D eigenvalue weighted by Gasteiger charge is -2.04. The summed E-state index contributed by atoms with van der Waals surface area (Å²) in [7, 11) is 0. The standard InChI is InChI=1S/C12H14N4/c1-10-2-8-14-12(16-10)15-9-5-11-3-6-13-7-4-11/h2-4,6-8H,5,9H2,1H3,(H,14,15,16). The molecule has 0 aliphatic heterocycles. The fourth-order valence-corrected chi connectivity index (χ4v) is 1.40. The fraction of sp³-hybridized carbons (Fsp3) is 0.250. The number of rotatable bonds is 4. The molecule has 0 unspecified atom stereocenters. The maximum atomic E-state index is 4.27. The number of aryl methyl sites for hydroxylation is 1. The highest BCUT2D eigenvalue weighted by atomic mass is 15.1.